The molecule has 0 aliphatic carbocycles. The molecule has 0 saturated carbocycles. The smallest absolute Gasteiger partial charge is 0.433 e. The van der Waals surface area contributed by atoms with Crippen molar-refractivity contribution >= 4 is 23.9 Å². The summed E-state index contributed by atoms with van der Waals surface area (Å²) in [5.41, 5.74) is 2.53. The molecular weight excluding hydrogens is 484 g/mol. The Kier molecular flexibility index (Phi) is 8.34. The van der Waals surface area contributed by atoms with Crippen LogP contribution in [0.25, 0.3) is 5.70 Å². The summed E-state index contributed by atoms with van der Waals surface area (Å²) in [6, 6.07) is 7.63. The second-order valence-electron chi connectivity index (χ2n) is 10.4. The number of hydrogen-bond donors (Lipinski definition) is 0. The lowest BCUT2D eigenvalue weighted by molar-refractivity contribution is 0.0604. The number of amides is 2. The molecule has 1 aromatic heterocycles. The fourth-order valence-electron chi connectivity index (χ4n) is 4.56. The van der Waals surface area contributed by atoms with Crippen molar-refractivity contribution in [1.82, 2.24) is 14.7 Å². The molecule has 0 spiro atoms. The van der Waals surface area contributed by atoms with Crippen molar-refractivity contribution in [3.05, 3.63) is 59.4 Å². The molecule has 4 rings (SSSR count). The van der Waals surface area contributed by atoms with Crippen LogP contribution in [0, 0.1) is 5.92 Å². The average Bonchev–Trinajstić information content (AvgIpc) is 3.53. The van der Waals surface area contributed by atoms with Crippen LogP contribution in [0.2, 0.25) is 0 Å². The molecule has 2 aliphatic rings. The number of methoxy groups -OCH3 is 2. The first-order chi connectivity index (χ1) is 18.2. The lowest BCUT2D eigenvalue weighted by atomic mass is 10.1. The maximum atomic E-state index is 13.4. The zero-order chi connectivity index (χ0) is 27.3. The van der Waals surface area contributed by atoms with E-state index in [1.807, 2.05) is 41.1 Å². The first-order valence-corrected chi connectivity index (χ1v) is 12.9. The van der Waals surface area contributed by atoms with Crippen LogP contribution in [0.1, 0.15) is 61.8 Å². The summed E-state index contributed by atoms with van der Waals surface area (Å²) in [5.74, 6) is 1.13. The number of rotatable bonds is 5. The van der Waals surface area contributed by atoms with Crippen LogP contribution in [0.5, 0.6) is 11.5 Å². The van der Waals surface area contributed by atoms with E-state index in [0.717, 1.165) is 42.6 Å². The lowest BCUT2D eigenvalue weighted by Gasteiger charge is -2.17. The fraction of sp³-hybridized carbons (Fsp3) is 0.448. The van der Waals surface area contributed by atoms with Crippen LogP contribution < -0.4 is 9.47 Å². The van der Waals surface area contributed by atoms with Gasteiger partial charge in [-0.1, -0.05) is 12.2 Å². The molecule has 9 nitrogen and oxygen atoms in total. The Morgan fingerprint density at radius 1 is 1.13 bits per heavy atom. The number of carbonyl (C=O) groups is 2. The molecule has 1 saturated heterocycles. The third-order valence-electron chi connectivity index (χ3n) is 6.40. The van der Waals surface area contributed by atoms with E-state index in [0.29, 0.717) is 30.3 Å². The Bertz CT molecular complexity index is 1270. The molecule has 2 aromatic rings. The molecule has 1 unspecified atom stereocenters. The van der Waals surface area contributed by atoms with Gasteiger partial charge in [0.05, 0.1) is 19.9 Å². The molecule has 0 radical (unpaired) electrons. The van der Waals surface area contributed by atoms with Crippen LogP contribution in [-0.4, -0.2) is 65.8 Å². The van der Waals surface area contributed by atoms with Crippen molar-refractivity contribution in [2.24, 2.45) is 10.9 Å². The molecule has 202 valence electrons. The third-order valence-corrected chi connectivity index (χ3v) is 6.40. The maximum Gasteiger partial charge on any atom is 0.433 e. The molecule has 1 aromatic carbocycles. The van der Waals surface area contributed by atoms with Gasteiger partial charge in [-0.2, -0.15) is 10.1 Å². The van der Waals surface area contributed by atoms with Crippen molar-refractivity contribution in [3.63, 3.8) is 0 Å². The van der Waals surface area contributed by atoms with Crippen LogP contribution in [0.3, 0.4) is 0 Å². The summed E-state index contributed by atoms with van der Waals surface area (Å²) >= 11 is 0. The molecule has 2 aliphatic heterocycles. The summed E-state index contributed by atoms with van der Waals surface area (Å²) in [5, 5.41) is 4.78. The number of nitrogens with zero attached hydrogens (tertiary/aromatic N) is 4. The van der Waals surface area contributed by atoms with E-state index >= 15 is 0 Å². The second kappa shape index (κ2) is 11.7. The Labute approximate surface area is 223 Å². The fourth-order valence-corrected chi connectivity index (χ4v) is 4.56. The highest BCUT2D eigenvalue weighted by Gasteiger charge is 2.29. The van der Waals surface area contributed by atoms with Crippen LogP contribution >= 0.6 is 0 Å². The maximum absolute atomic E-state index is 13.4. The zero-order valence-corrected chi connectivity index (χ0v) is 22.8. The van der Waals surface area contributed by atoms with Gasteiger partial charge in [0.2, 0.25) is 0 Å². The van der Waals surface area contributed by atoms with E-state index in [1.165, 1.54) is 0 Å². The van der Waals surface area contributed by atoms with Crippen LogP contribution in [0.15, 0.2) is 47.5 Å². The first kappa shape index (κ1) is 27.2. The van der Waals surface area contributed by atoms with Gasteiger partial charge in [0.1, 0.15) is 5.60 Å². The van der Waals surface area contributed by atoms with E-state index in [4.69, 9.17) is 19.3 Å². The quantitative estimate of drug-likeness (QED) is 0.506. The van der Waals surface area contributed by atoms with Crippen LogP contribution in [0.4, 0.5) is 4.79 Å². The Hall–Kier alpha value is -3.88. The number of aryl methyl sites for hydroxylation is 1. The highest BCUT2D eigenvalue weighted by atomic mass is 16.6. The Morgan fingerprint density at radius 2 is 1.92 bits per heavy atom. The molecule has 38 heavy (non-hydrogen) atoms. The topological polar surface area (TPSA) is 95.3 Å². The second-order valence-corrected chi connectivity index (χ2v) is 10.4. The zero-order valence-electron chi connectivity index (χ0n) is 22.8. The van der Waals surface area contributed by atoms with Crippen molar-refractivity contribution in [1.29, 1.82) is 0 Å². The number of benzene rings is 1. The Balaban J connectivity index is 1.56. The summed E-state index contributed by atoms with van der Waals surface area (Å²) in [6.07, 6.45) is 10.6. The summed E-state index contributed by atoms with van der Waals surface area (Å²) in [4.78, 5) is 31.1. The summed E-state index contributed by atoms with van der Waals surface area (Å²) < 4.78 is 18.0. The van der Waals surface area contributed by atoms with Gasteiger partial charge in [-0.25, -0.2) is 9.48 Å². The van der Waals surface area contributed by atoms with E-state index in [-0.39, 0.29) is 11.8 Å². The number of hydrogen-bond acceptors (Lipinski definition) is 6. The van der Waals surface area contributed by atoms with Crippen LogP contribution in [-0.2, 0) is 11.2 Å². The van der Waals surface area contributed by atoms with E-state index in [2.05, 4.69) is 11.1 Å². The third kappa shape index (κ3) is 6.51. The van der Waals surface area contributed by atoms with Gasteiger partial charge in [-0.15, -0.1) is 0 Å². The van der Waals surface area contributed by atoms with Gasteiger partial charge in [-0.05, 0) is 76.8 Å². The van der Waals surface area contributed by atoms with Gasteiger partial charge in [0, 0.05) is 36.5 Å². The van der Waals surface area contributed by atoms with Crippen molar-refractivity contribution < 1.29 is 23.8 Å². The van der Waals surface area contributed by atoms with Crippen molar-refractivity contribution in [2.45, 2.75) is 52.1 Å². The van der Waals surface area contributed by atoms with Crippen molar-refractivity contribution in [2.75, 3.05) is 27.3 Å². The normalized spacial score (nSPS) is 20.1. The number of aromatic nitrogens is 2. The minimum absolute atomic E-state index is 0.00835. The molecule has 9 heteroatoms. The van der Waals surface area contributed by atoms with Gasteiger partial charge < -0.3 is 19.1 Å². The van der Waals surface area contributed by atoms with Gasteiger partial charge in [0.25, 0.3) is 5.91 Å². The summed E-state index contributed by atoms with van der Waals surface area (Å²) in [6.45, 7) is 6.46. The predicted molar refractivity (Wildman–Crippen MR) is 146 cm³/mol. The largest absolute Gasteiger partial charge is 0.493 e. The molecular formula is C29H36N4O5. The molecule has 2 amide bonds. The monoisotopic (exact) mass is 520 g/mol. The molecule has 1 fully saturated rings. The van der Waals surface area contributed by atoms with Gasteiger partial charge in [0.15, 0.2) is 17.2 Å². The molecule has 0 bridgehead atoms. The average molecular weight is 521 g/mol. The first-order valence-electron chi connectivity index (χ1n) is 12.9. The van der Waals surface area contributed by atoms with Gasteiger partial charge in [-0.3, -0.25) is 4.79 Å². The van der Waals surface area contributed by atoms with E-state index in [1.54, 1.807) is 46.1 Å². The minimum Gasteiger partial charge on any atom is -0.493 e. The SMILES string of the molecule is COc1ccc(/C2=C/C=C\CCCc3cc(C(=O)N4CCC(C=NC(=O)OC(C)(C)C)C4)nn32)cc1OC. The highest BCUT2D eigenvalue weighted by molar-refractivity contribution is 5.93. The van der Waals surface area contributed by atoms with E-state index < -0.39 is 11.7 Å². The standard InChI is InChI=1S/C29H36N4O5/c1-29(2,3)38-28(35)30-18-20-14-15-32(19-20)27(34)23-17-22-10-8-6-7-9-11-24(33(22)31-23)21-12-13-25(36-4)26(16-21)37-5/h7,9,11-13,16-18,20H,6,8,10,14-15,19H2,1-5H3/b9-7-,24-11-,30-18?. The lowest BCUT2D eigenvalue weighted by Crippen LogP contribution is -2.29. The molecule has 3 heterocycles. The number of aliphatic imine (C=N–C) groups is 1. The van der Waals surface area contributed by atoms with Gasteiger partial charge >= 0.3 is 6.09 Å². The molecule has 0 N–H and O–H groups in total. The molecule has 1 atom stereocenters. The van der Waals surface area contributed by atoms with E-state index in [9.17, 15) is 9.59 Å². The number of fused-ring (bicyclic) bond motifs is 1. The minimum atomic E-state index is -0.615. The number of carbonyl (C=O) groups excluding carboxylic acids is 2. The Morgan fingerprint density at radius 3 is 2.66 bits per heavy atom. The number of allylic oxidation sites excluding steroid dienone is 3. The summed E-state index contributed by atoms with van der Waals surface area (Å²) in [7, 11) is 3.21. The number of likely N-dealkylation sites (tertiary alicyclic amines) is 1. The van der Waals surface area contributed by atoms with Crippen molar-refractivity contribution in [3.8, 4) is 11.5 Å². The highest BCUT2D eigenvalue weighted by Crippen LogP contribution is 2.32. The number of ether oxygens (including phenoxy) is 3. The predicted octanol–water partition coefficient (Wildman–Crippen LogP) is 5.15.